The number of carbonyl (C=O) groups excluding carboxylic acids is 1. The molecule has 0 aromatic heterocycles. The van der Waals surface area contributed by atoms with Crippen molar-refractivity contribution in [2.24, 2.45) is 23.5 Å². The highest BCUT2D eigenvalue weighted by molar-refractivity contribution is 7.99. The summed E-state index contributed by atoms with van der Waals surface area (Å²) in [6, 6.07) is 0.366. The summed E-state index contributed by atoms with van der Waals surface area (Å²) in [7, 11) is 0. The normalized spacial score (nSPS) is 37.7. The van der Waals surface area contributed by atoms with Crippen LogP contribution in [0.3, 0.4) is 0 Å². The molecular weight excluding hydrogens is 328 g/mol. The molecule has 0 aromatic rings. The van der Waals surface area contributed by atoms with Gasteiger partial charge >= 0.3 is 0 Å². The summed E-state index contributed by atoms with van der Waals surface area (Å²) in [5.41, 5.74) is 6.38. The Labute approximate surface area is 151 Å². The van der Waals surface area contributed by atoms with E-state index in [0.717, 1.165) is 31.7 Å². The van der Waals surface area contributed by atoms with Crippen LogP contribution in [0.15, 0.2) is 0 Å². The van der Waals surface area contributed by atoms with Gasteiger partial charge in [-0.3, -0.25) is 4.79 Å². The lowest BCUT2D eigenvalue weighted by Gasteiger charge is -2.44. The molecule has 134 valence electrons. The van der Waals surface area contributed by atoms with Crippen molar-refractivity contribution in [3.63, 3.8) is 0 Å². The largest absolute Gasteiger partial charge is 0.341 e. The van der Waals surface area contributed by atoms with Gasteiger partial charge in [0, 0.05) is 30.3 Å². The number of hydrogen-bond donors (Lipinski definition) is 1. The van der Waals surface area contributed by atoms with Crippen LogP contribution in [0.1, 0.15) is 58.3 Å². The van der Waals surface area contributed by atoms with Gasteiger partial charge in [-0.15, -0.1) is 12.4 Å². The fourth-order valence-electron chi connectivity index (χ4n) is 4.92. The number of rotatable bonds is 3. The quantitative estimate of drug-likeness (QED) is 0.834. The topological polar surface area (TPSA) is 46.3 Å². The fraction of sp³-hybridized carbons (Fsp3) is 0.944. The van der Waals surface area contributed by atoms with E-state index in [0.29, 0.717) is 29.0 Å². The molecule has 3 unspecified atom stereocenters. The second-order valence-electron chi connectivity index (χ2n) is 7.55. The molecule has 2 aliphatic carbocycles. The number of nitrogens with zero attached hydrogens (tertiary/aromatic N) is 1. The number of carbonyl (C=O) groups is 1. The lowest BCUT2D eigenvalue weighted by atomic mass is 9.65. The summed E-state index contributed by atoms with van der Waals surface area (Å²) >= 11 is 2.04. The Morgan fingerprint density at radius 3 is 2.48 bits per heavy atom. The van der Waals surface area contributed by atoms with Crippen LogP contribution in [-0.2, 0) is 4.79 Å². The van der Waals surface area contributed by atoms with Crippen molar-refractivity contribution in [2.45, 2.75) is 69.6 Å². The van der Waals surface area contributed by atoms with Gasteiger partial charge in [0.05, 0.1) is 0 Å². The van der Waals surface area contributed by atoms with E-state index in [4.69, 9.17) is 5.73 Å². The van der Waals surface area contributed by atoms with Crippen LogP contribution < -0.4 is 5.73 Å². The monoisotopic (exact) mass is 360 g/mol. The zero-order valence-electron chi connectivity index (χ0n) is 14.4. The number of hydrogen-bond acceptors (Lipinski definition) is 3. The minimum Gasteiger partial charge on any atom is -0.341 e. The Balaban J connectivity index is 0.00000192. The van der Waals surface area contributed by atoms with Crippen LogP contribution in [0.4, 0.5) is 0 Å². The van der Waals surface area contributed by atoms with Crippen molar-refractivity contribution < 1.29 is 4.79 Å². The van der Waals surface area contributed by atoms with E-state index >= 15 is 0 Å². The molecule has 3 fully saturated rings. The van der Waals surface area contributed by atoms with E-state index in [9.17, 15) is 4.79 Å². The van der Waals surface area contributed by atoms with Gasteiger partial charge in [0.15, 0.2) is 0 Å². The van der Waals surface area contributed by atoms with Gasteiger partial charge in [-0.1, -0.05) is 19.8 Å². The highest BCUT2D eigenvalue weighted by atomic mass is 35.5. The third-order valence-electron chi connectivity index (χ3n) is 6.10. The summed E-state index contributed by atoms with van der Waals surface area (Å²) in [6.45, 7) is 4.19. The molecule has 5 heteroatoms. The number of likely N-dealkylation sites (tertiary alicyclic amines) is 1. The van der Waals surface area contributed by atoms with Gasteiger partial charge in [-0.05, 0) is 56.1 Å². The maximum absolute atomic E-state index is 13.1. The molecule has 23 heavy (non-hydrogen) atoms. The molecule has 0 spiro atoms. The van der Waals surface area contributed by atoms with Crippen LogP contribution in [0, 0.1) is 17.8 Å². The van der Waals surface area contributed by atoms with Gasteiger partial charge in [0.1, 0.15) is 0 Å². The SMILES string of the molecule is CCSC1CCCCN(C(=O)C2CC3CCCC(C2)C3N)C1.Cl. The lowest BCUT2D eigenvalue weighted by Crippen LogP contribution is -2.50. The standard InChI is InChI=1S/C18H32N2OS.ClH/c1-2-22-16-8-3-4-9-20(12-16)18(21)15-10-13-6-5-7-14(11-15)17(13)19;/h13-17H,2-12,19H2,1H3;1H. The van der Waals surface area contributed by atoms with Crippen molar-refractivity contribution >= 4 is 30.1 Å². The van der Waals surface area contributed by atoms with Gasteiger partial charge < -0.3 is 10.6 Å². The molecule has 3 atom stereocenters. The average molecular weight is 361 g/mol. The first-order chi connectivity index (χ1) is 10.7. The maximum Gasteiger partial charge on any atom is 0.225 e. The smallest absolute Gasteiger partial charge is 0.225 e. The number of fused-ring (bicyclic) bond motifs is 2. The van der Waals surface area contributed by atoms with Crippen molar-refractivity contribution in [3.05, 3.63) is 0 Å². The van der Waals surface area contributed by atoms with Crippen LogP contribution in [0.2, 0.25) is 0 Å². The Morgan fingerprint density at radius 2 is 1.83 bits per heavy atom. The summed E-state index contributed by atoms with van der Waals surface area (Å²) in [4.78, 5) is 15.3. The van der Waals surface area contributed by atoms with Crippen LogP contribution in [0.5, 0.6) is 0 Å². The van der Waals surface area contributed by atoms with Gasteiger partial charge in [0.25, 0.3) is 0 Å². The van der Waals surface area contributed by atoms with Crippen molar-refractivity contribution in [2.75, 3.05) is 18.8 Å². The summed E-state index contributed by atoms with van der Waals surface area (Å²) in [5, 5.41) is 0.654. The summed E-state index contributed by atoms with van der Waals surface area (Å²) in [6.07, 6.45) is 9.67. The molecule has 3 aliphatic rings. The van der Waals surface area contributed by atoms with E-state index in [1.165, 1.54) is 38.5 Å². The second-order valence-corrected chi connectivity index (χ2v) is 9.13. The molecule has 2 bridgehead atoms. The van der Waals surface area contributed by atoms with E-state index < -0.39 is 0 Å². The predicted molar refractivity (Wildman–Crippen MR) is 101 cm³/mol. The molecular formula is C18H33ClN2OS. The third-order valence-corrected chi connectivity index (χ3v) is 7.29. The maximum atomic E-state index is 13.1. The molecule has 3 rings (SSSR count). The number of nitrogens with two attached hydrogens (primary N) is 1. The molecule has 1 saturated heterocycles. The zero-order valence-corrected chi connectivity index (χ0v) is 16.0. The first-order valence-electron chi connectivity index (χ1n) is 9.35. The summed E-state index contributed by atoms with van der Waals surface area (Å²) in [5.74, 6) is 3.09. The first-order valence-corrected chi connectivity index (χ1v) is 10.4. The number of amides is 1. The summed E-state index contributed by atoms with van der Waals surface area (Å²) < 4.78 is 0. The molecule has 1 amide bonds. The molecule has 0 radical (unpaired) electrons. The minimum absolute atomic E-state index is 0. The number of thioether (sulfide) groups is 1. The number of halogens is 1. The van der Waals surface area contributed by atoms with Crippen LogP contribution >= 0.6 is 24.2 Å². The van der Waals surface area contributed by atoms with Gasteiger partial charge in [-0.2, -0.15) is 11.8 Å². The van der Waals surface area contributed by atoms with Crippen molar-refractivity contribution in [1.82, 2.24) is 4.90 Å². The molecule has 3 nitrogen and oxygen atoms in total. The fourth-order valence-corrected chi connectivity index (χ4v) is 6.01. The minimum atomic E-state index is 0. The molecule has 2 saturated carbocycles. The highest BCUT2D eigenvalue weighted by Gasteiger charge is 2.41. The molecule has 1 heterocycles. The van der Waals surface area contributed by atoms with Gasteiger partial charge in [0.2, 0.25) is 5.91 Å². The molecule has 0 aromatic carbocycles. The van der Waals surface area contributed by atoms with Gasteiger partial charge in [-0.25, -0.2) is 0 Å². The van der Waals surface area contributed by atoms with E-state index in [-0.39, 0.29) is 18.3 Å². The molecule has 2 N–H and O–H groups in total. The first kappa shape index (κ1) is 19.4. The Hall–Kier alpha value is 0.0700. The average Bonchev–Trinajstić information content (AvgIpc) is 2.72. The van der Waals surface area contributed by atoms with E-state index in [1.54, 1.807) is 0 Å². The second kappa shape index (κ2) is 8.96. The van der Waals surface area contributed by atoms with Crippen molar-refractivity contribution in [1.29, 1.82) is 0 Å². The Morgan fingerprint density at radius 1 is 1.13 bits per heavy atom. The van der Waals surface area contributed by atoms with E-state index in [2.05, 4.69) is 11.8 Å². The third kappa shape index (κ3) is 4.58. The van der Waals surface area contributed by atoms with Crippen LogP contribution in [-0.4, -0.2) is 40.9 Å². The zero-order chi connectivity index (χ0) is 15.5. The predicted octanol–water partition coefficient (Wildman–Crippen LogP) is 3.70. The highest BCUT2D eigenvalue weighted by Crippen LogP contribution is 2.42. The Kier molecular flexibility index (Phi) is 7.56. The van der Waals surface area contributed by atoms with Crippen molar-refractivity contribution in [3.8, 4) is 0 Å². The molecule has 1 aliphatic heterocycles. The lowest BCUT2D eigenvalue weighted by molar-refractivity contribution is -0.138. The van der Waals surface area contributed by atoms with E-state index in [1.807, 2.05) is 11.8 Å². The van der Waals surface area contributed by atoms with Crippen LogP contribution in [0.25, 0.3) is 0 Å². The Bertz CT molecular complexity index is 381.